The predicted octanol–water partition coefficient (Wildman–Crippen LogP) is 4.26. The second-order valence-electron chi connectivity index (χ2n) is 5.27. The monoisotopic (exact) mass is 341 g/mol. The summed E-state index contributed by atoms with van der Waals surface area (Å²) < 4.78 is 10.6. The van der Waals surface area contributed by atoms with Crippen LogP contribution in [0.3, 0.4) is 0 Å². The van der Waals surface area contributed by atoms with Gasteiger partial charge >= 0.3 is 5.97 Å². The van der Waals surface area contributed by atoms with Crippen molar-refractivity contribution in [1.82, 2.24) is 0 Å². The van der Waals surface area contributed by atoms with Gasteiger partial charge in [0.05, 0.1) is 7.11 Å². The molecule has 0 aromatic heterocycles. The van der Waals surface area contributed by atoms with Gasteiger partial charge in [-0.05, 0) is 60.0 Å². The van der Waals surface area contributed by atoms with E-state index in [4.69, 9.17) is 21.1 Å². The number of hydrogen-bond acceptors (Lipinski definition) is 4. The Morgan fingerprint density at radius 2 is 1.96 bits per heavy atom. The zero-order valence-corrected chi connectivity index (χ0v) is 14.1. The molecule has 2 aromatic rings. The van der Waals surface area contributed by atoms with Gasteiger partial charge in [-0.1, -0.05) is 24.6 Å². The minimum absolute atomic E-state index is 0.271. The van der Waals surface area contributed by atoms with Crippen LogP contribution in [0.5, 0.6) is 5.75 Å². The number of methoxy groups -OCH3 is 1. The summed E-state index contributed by atoms with van der Waals surface area (Å²) in [6.45, 7) is 2.05. The van der Waals surface area contributed by atoms with E-state index in [2.05, 4.69) is 11.9 Å². The number of aryl methyl sites for hydroxylation is 1. The molecule has 0 saturated heterocycles. The Kier molecular flexibility index (Phi) is 4.67. The molecule has 0 amide bonds. The molecule has 24 heavy (non-hydrogen) atoms. The lowest BCUT2D eigenvalue weighted by atomic mass is 10.1. The van der Waals surface area contributed by atoms with Crippen molar-refractivity contribution in [3.8, 4) is 5.75 Å². The number of halogens is 1. The first-order valence-corrected chi connectivity index (χ1v) is 7.94. The fourth-order valence-corrected chi connectivity index (χ4v) is 2.57. The summed E-state index contributed by atoms with van der Waals surface area (Å²) >= 11 is 5.87. The van der Waals surface area contributed by atoms with E-state index >= 15 is 0 Å². The Morgan fingerprint density at radius 3 is 2.62 bits per heavy atom. The number of aliphatic imine (C=N–C) groups is 1. The second-order valence-corrected chi connectivity index (χ2v) is 5.70. The molecular formula is C19H16ClNO3. The van der Waals surface area contributed by atoms with Gasteiger partial charge in [-0.3, -0.25) is 0 Å². The lowest BCUT2D eigenvalue weighted by Gasteiger charge is -2.07. The van der Waals surface area contributed by atoms with E-state index in [0.717, 1.165) is 23.3 Å². The number of rotatable bonds is 4. The van der Waals surface area contributed by atoms with Gasteiger partial charge in [-0.15, -0.1) is 0 Å². The third-order valence-corrected chi connectivity index (χ3v) is 3.95. The molecule has 0 unspecified atom stereocenters. The van der Waals surface area contributed by atoms with Crippen LogP contribution in [-0.4, -0.2) is 19.0 Å². The van der Waals surface area contributed by atoms with Gasteiger partial charge in [0, 0.05) is 10.6 Å². The first-order valence-electron chi connectivity index (χ1n) is 7.56. The molecule has 0 N–H and O–H groups in total. The van der Waals surface area contributed by atoms with E-state index in [1.807, 2.05) is 18.2 Å². The molecule has 4 nitrogen and oxygen atoms in total. The van der Waals surface area contributed by atoms with E-state index in [1.54, 1.807) is 37.5 Å². The van der Waals surface area contributed by atoms with Crippen molar-refractivity contribution in [3.05, 3.63) is 69.9 Å². The number of ether oxygens (including phenoxy) is 2. The molecule has 122 valence electrons. The van der Waals surface area contributed by atoms with Crippen molar-refractivity contribution < 1.29 is 14.3 Å². The first kappa shape index (κ1) is 16.3. The van der Waals surface area contributed by atoms with Gasteiger partial charge in [0.15, 0.2) is 5.70 Å². The smallest absolute Gasteiger partial charge is 0.363 e. The number of carbonyl (C=O) groups excluding carboxylic acids is 1. The summed E-state index contributed by atoms with van der Waals surface area (Å²) in [4.78, 5) is 16.3. The quantitative estimate of drug-likeness (QED) is 0.616. The highest BCUT2D eigenvalue weighted by atomic mass is 35.5. The third-order valence-electron chi connectivity index (χ3n) is 3.70. The molecular weight excluding hydrogens is 326 g/mol. The van der Waals surface area contributed by atoms with Crippen LogP contribution in [0.4, 0.5) is 0 Å². The van der Waals surface area contributed by atoms with Crippen molar-refractivity contribution in [2.24, 2.45) is 4.99 Å². The second kappa shape index (κ2) is 6.89. The van der Waals surface area contributed by atoms with Gasteiger partial charge in [0.1, 0.15) is 5.75 Å². The zero-order valence-electron chi connectivity index (χ0n) is 13.4. The summed E-state index contributed by atoms with van der Waals surface area (Å²) in [5, 5.41) is 0.616. The van der Waals surface area contributed by atoms with Crippen molar-refractivity contribution in [2.75, 3.05) is 7.11 Å². The highest BCUT2D eigenvalue weighted by molar-refractivity contribution is 6.30. The van der Waals surface area contributed by atoms with E-state index < -0.39 is 5.97 Å². The zero-order chi connectivity index (χ0) is 17.1. The van der Waals surface area contributed by atoms with Crippen molar-refractivity contribution >= 4 is 29.5 Å². The van der Waals surface area contributed by atoms with Crippen LogP contribution in [0.15, 0.2) is 53.2 Å². The van der Waals surface area contributed by atoms with Crippen LogP contribution < -0.4 is 4.74 Å². The Hall–Kier alpha value is -2.59. The highest BCUT2D eigenvalue weighted by Gasteiger charge is 2.24. The molecule has 1 aliphatic heterocycles. The molecule has 3 rings (SSSR count). The van der Waals surface area contributed by atoms with E-state index in [9.17, 15) is 4.79 Å². The van der Waals surface area contributed by atoms with Crippen LogP contribution >= 0.6 is 11.6 Å². The molecule has 0 atom stereocenters. The van der Waals surface area contributed by atoms with Gasteiger partial charge in [0.2, 0.25) is 5.90 Å². The average molecular weight is 342 g/mol. The molecule has 0 saturated carbocycles. The molecule has 0 spiro atoms. The largest absolute Gasteiger partial charge is 0.496 e. The average Bonchev–Trinajstić information content (AvgIpc) is 2.96. The minimum Gasteiger partial charge on any atom is -0.496 e. The third kappa shape index (κ3) is 3.34. The minimum atomic E-state index is -0.464. The van der Waals surface area contributed by atoms with Gasteiger partial charge in [0.25, 0.3) is 0 Å². The van der Waals surface area contributed by atoms with Gasteiger partial charge in [-0.2, -0.15) is 0 Å². The maximum Gasteiger partial charge on any atom is 0.363 e. The number of benzene rings is 2. The van der Waals surface area contributed by atoms with Gasteiger partial charge in [-0.25, -0.2) is 9.79 Å². The van der Waals surface area contributed by atoms with Crippen molar-refractivity contribution in [3.63, 3.8) is 0 Å². The molecule has 2 aromatic carbocycles. The van der Waals surface area contributed by atoms with Crippen molar-refractivity contribution in [1.29, 1.82) is 0 Å². The fraction of sp³-hybridized carbons (Fsp3) is 0.158. The Morgan fingerprint density at radius 1 is 1.21 bits per heavy atom. The first-order chi connectivity index (χ1) is 11.6. The molecule has 1 aliphatic rings. The number of cyclic esters (lactones) is 1. The van der Waals surface area contributed by atoms with Crippen molar-refractivity contribution in [2.45, 2.75) is 13.3 Å². The van der Waals surface area contributed by atoms with Gasteiger partial charge < -0.3 is 9.47 Å². The fourth-order valence-electron chi connectivity index (χ4n) is 2.45. The maximum absolute atomic E-state index is 12.1. The standard InChI is InChI=1S/C19H16ClNO3/c1-3-13-10-12(4-9-17(13)23-2)11-16-19(22)24-18(21-16)14-5-7-15(20)8-6-14/h4-11H,3H2,1-2H3/b16-11+. The van der Waals surface area contributed by atoms with Crippen LogP contribution in [-0.2, 0) is 16.0 Å². The maximum atomic E-state index is 12.1. The molecule has 0 bridgehead atoms. The number of carbonyl (C=O) groups is 1. The number of esters is 1. The van der Waals surface area contributed by atoms with Crippen LogP contribution in [0.2, 0.25) is 5.02 Å². The summed E-state index contributed by atoms with van der Waals surface area (Å²) in [5.41, 5.74) is 2.92. The van der Waals surface area contributed by atoms with E-state index in [1.165, 1.54) is 0 Å². The molecule has 1 heterocycles. The predicted molar refractivity (Wildman–Crippen MR) is 94.4 cm³/mol. The highest BCUT2D eigenvalue weighted by Crippen LogP contribution is 2.24. The Bertz CT molecular complexity index is 838. The Balaban J connectivity index is 1.92. The Labute approximate surface area is 145 Å². The SMILES string of the molecule is CCc1cc(/C=C2/N=C(c3ccc(Cl)cc3)OC2=O)ccc1OC. The summed E-state index contributed by atoms with van der Waals surface area (Å²) in [7, 11) is 1.64. The van der Waals surface area contributed by atoms with Crippen LogP contribution in [0.1, 0.15) is 23.6 Å². The molecule has 0 radical (unpaired) electrons. The summed E-state index contributed by atoms with van der Waals surface area (Å²) in [6, 6.07) is 12.7. The normalized spacial score (nSPS) is 15.4. The summed E-state index contributed by atoms with van der Waals surface area (Å²) in [6.07, 6.45) is 2.55. The lowest BCUT2D eigenvalue weighted by molar-refractivity contribution is -0.129. The molecule has 5 heteroatoms. The summed E-state index contributed by atoms with van der Waals surface area (Å²) in [5.74, 6) is 0.653. The van der Waals surface area contributed by atoms with Crippen LogP contribution in [0.25, 0.3) is 6.08 Å². The number of nitrogens with zero attached hydrogens (tertiary/aromatic N) is 1. The topological polar surface area (TPSA) is 47.9 Å². The molecule has 0 aliphatic carbocycles. The lowest BCUT2D eigenvalue weighted by Crippen LogP contribution is -2.05. The van der Waals surface area contributed by atoms with Crippen LogP contribution in [0, 0.1) is 0 Å². The number of hydrogen-bond donors (Lipinski definition) is 0. The molecule has 0 fully saturated rings. The van der Waals surface area contributed by atoms with E-state index in [0.29, 0.717) is 10.6 Å². The van der Waals surface area contributed by atoms with E-state index in [-0.39, 0.29) is 11.6 Å².